The van der Waals surface area contributed by atoms with E-state index in [2.05, 4.69) is 0 Å². The monoisotopic (exact) mass is 252 g/mol. The number of benzene rings is 1. The minimum absolute atomic E-state index is 0.0117. The zero-order valence-corrected chi connectivity index (χ0v) is 10.7. The van der Waals surface area contributed by atoms with Crippen molar-refractivity contribution in [1.82, 2.24) is 4.90 Å². The van der Waals surface area contributed by atoms with Crippen LogP contribution in [0.2, 0.25) is 0 Å². The number of nitro groups is 1. The zero-order chi connectivity index (χ0) is 13.7. The number of hydrogen-bond donors (Lipinski definition) is 0. The highest BCUT2D eigenvalue weighted by Crippen LogP contribution is 2.23. The SMILES string of the molecule is CCN(CC)C(=O)Oc1ccc([N+](=O)[O-])c(C)c1. The lowest BCUT2D eigenvalue weighted by molar-refractivity contribution is -0.385. The van der Waals surface area contributed by atoms with Crippen molar-refractivity contribution in [2.75, 3.05) is 13.1 Å². The summed E-state index contributed by atoms with van der Waals surface area (Å²) in [6.07, 6.45) is -0.451. The van der Waals surface area contributed by atoms with E-state index in [1.54, 1.807) is 6.92 Å². The van der Waals surface area contributed by atoms with E-state index in [0.717, 1.165) is 0 Å². The molecule has 1 aromatic carbocycles. The molecule has 6 nitrogen and oxygen atoms in total. The molecule has 0 N–H and O–H groups in total. The molecule has 0 bridgehead atoms. The van der Waals surface area contributed by atoms with E-state index in [0.29, 0.717) is 24.4 Å². The minimum atomic E-state index is -0.467. The molecule has 98 valence electrons. The van der Waals surface area contributed by atoms with Gasteiger partial charge in [-0.15, -0.1) is 0 Å². The Balaban J connectivity index is 2.83. The Bertz CT molecular complexity index is 455. The van der Waals surface area contributed by atoms with Crippen LogP contribution >= 0.6 is 0 Å². The molecule has 0 aliphatic rings. The maximum atomic E-state index is 11.7. The van der Waals surface area contributed by atoms with Gasteiger partial charge in [-0.2, -0.15) is 0 Å². The van der Waals surface area contributed by atoms with Gasteiger partial charge < -0.3 is 9.64 Å². The number of carbonyl (C=O) groups is 1. The van der Waals surface area contributed by atoms with Crippen molar-refractivity contribution in [2.24, 2.45) is 0 Å². The lowest BCUT2D eigenvalue weighted by Crippen LogP contribution is -2.33. The van der Waals surface area contributed by atoms with Crippen LogP contribution in [0.3, 0.4) is 0 Å². The summed E-state index contributed by atoms with van der Waals surface area (Å²) in [5, 5.41) is 10.6. The van der Waals surface area contributed by atoms with Gasteiger partial charge in [0.25, 0.3) is 5.69 Å². The number of nitrogens with zero attached hydrogens (tertiary/aromatic N) is 2. The highest BCUT2D eigenvalue weighted by molar-refractivity contribution is 5.70. The summed E-state index contributed by atoms with van der Waals surface area (Å²) < 4.78 is 5.14. The fraction of sp³-hybridized carbons (Fsp3) is 0.417. The first-order chi connectivity index (χ1) is 8.49. The summed E-state index contributed by atoms with van der Waals surface area (Å²) >= 11 is 0. The first-order valence-electron chi connectivity index (χ1n) is 5.71. The Labute approximate surface area is 105 Å². The minimum Gasteiger partial charge on any atom is -0.410 e. The van der Waals surface area contributed by atoms with Gasteiger partial charge in [0.05, 0.1) is 4.92 Å². The van der Waals surface area contributed by atoms with Gasteiger partial charge in [0, 0.05) is 24.7 Å². The first-order valence-corrected chi connectivity index (χ1v) is 5.71. The third kappa shape index (κ3) is 3.19. The van der Waals surface area contributed by atoms with Crippen LogP contribution < -0.4 is 4.74 Å². The van der Waals surface area contributed by atoms with Gasteiger partial charge in [0.15, 0.2) is 0 Å². The third-order valence-corrected chi connectivity index (χ3v) is 2.59. The van der Waals surface area contributed by atoms with E-state index in [1.165, 1.54) is 23.1 Å². The van der Waals surface area contributed by atoms with E-state index >= 15 is 0 Å². The topological polar surface area (TPSA) is 72.7 Å². The fourth-order valence-electron chi connectivity index (χ4n) is 1.54. The molecule has 18 heavy (non-hydrogen) atoms. The van der Waals surface area contributed by atoms with E-state index < -0.39 is 11.0 Å². The predicted molar refractivity (Wildman–Crippen MR) is 66.8 cm³/mol. The van der Waals surface area contributed by atoms with Crippen LogP contribution in [0.5, 0.6) is 5.75 Å². The van der Waals surface area contributed by atoms with Crippen LogP contribution in [0.1, 0.15) is 19.4 Å². The predicted octanol–water partition coefficient (Wildman–Crippen LogP) is 2.74. The zero-order valence-electron chi connectivity index (χ0n) is 10.7. The van der Waals surface area contributed by atoms with Crippen molar-refractivity contribution < 1.29 is 14.5 Å². The van der Waals surface area contributed by atoms with Gasteiger partial charge >= 0.3 is 6.09 Å². The summed E-state index contributed by atoms with van der Waals surface area (Å²) in [6, 6.07) is 4.24. The highest BCUT2D eigenvalue weighted by atomic mass is 16.6. The van der Waals surface area contributed by atoms with Crippen LogP contribution in [-0.4, -0.2) is 29.0 Å². The van der Waals surface area contributed by atoms with Crippen molar-refractivity contribution in [2.45, 2.75) is 20.8 Å². The van der Waals surface area contributed by atoms with Gasteiger partial charge in [0.2, 0.25) is 0 Å². The van der Waals surface area contributed by atoms with Crippen molar-refractivity contribution in [3.05, 3.63) is 33.9 Å². The number of carbonyl (C=O) groups excluding carboxylic acids is 1. The number of ether oxygens (including phenoxy) is 1. The first kappa shape index (κ1) is 14.0. The Morgan fingerprint density at radius 2 is 2.00 bits per heavy atom. The number of nitro benzene ring substituents is 1. The summed E-state index contributed by atoms with van der Waals surface area (Å²) in [7, 11) is 0. The second-order valence-corrected chi connectivity index (χ2v) is 3.75. The Hall–Kier alpha value is -2.11. The molecule has 0 spiro atoms. The summed E-state index contributed by atoms with van der Waals surface area (Å²) in [5.41, 5.74) is 0.475. The van der Waals surface area contributed by atoms with E-state index in [-0.39, 0.29) is 5.69 Å². The number of hydrogen-bond acceptors (Lipinski definition) is 4. The van der Waals surface area contributed by atoms with E-state index in [1.807, 2.05) is 13.8 Å². The van der Waals surface area contributed by atoms with Crippen molar-refractivity contribution in [3.63, 3.8) is 0 Å². The average molecular weight is 252 g/mol. The fourth-order valence-corrected chi connectivity index (χ4v) is 1.54. The molecule has 0 unspecified atom stereocenters. The molecule has 0 atom stereocenters. The average Bonchev–Trinajstić information content (AvgIpc) is 2.30. The molecule has 0 aromatic heterocycles. The molecular formula is C12H16N2O4. The van der Waals surface area contributed by atoms with Gasteiger partial charge in [-0.05, 0) is 32.9 Å². The van der Waals surface area contributed by atoms with Crippen molar-refractivity contribution in [3.8, 4) is 5.75 Å². The molecule has 0 saturated heterocycles. The summed E-state index contributed by atoms with van der Waals surface area (Å²) in [4.78, 5) is 23.4. The number of rotatable bonds is 4. The Kier molecular flexibility index (Phi) is 4.65. The lowest BCUT2D eigenvalue weighted by Gasteiger charge is -2.17. The van der Waals surface area contributed by atoms with E-state index in [9.17, 15) is 14.9 Å². The van der Waals surface area contributed by atoms with Crippen LogP contribution in [0.4, 0.5) is 10.5 Å². The maximum Gasteiger partial charge on any atom is 0.415 e. The summed E-state index contributed by atoms with van der Waals surface area (Å²) in [6.45, 7) is 6.42. The molecule has 0 radical (unpaired) electrons. The molecule has 0 saturated carbocycles. The molecule has 0 aliphatic carbocycles. The lowest BCUT2D eigenvalue weighted by atomic mass is 10.2. The van der Waals surface area contributed by atoms with Gasteiger partial charge in [-0.3, -0.25) is 10.1 Å². The molecule has 6 heteroatoms. The molecule has 1 amide bonds. The van der Waals surface area contributed by atoms with Gasteiger partial charge in [-0.1, -0.05) is 0 Å². The Morgan fingerprint density at radius 1 is 1.39 bits per heavy atom. The largest absolute Gasteiger partial charge is 0.415 e. The Morgan fingerprint density at radius 3 is 2.44 bits per heavy atom. The van der Waals surface area contributed by atoms with Gasteiger partial charge in [-0.25, -0.2) is 4.79 Å². The number of aryl methyl sites for hydroxylation is 1. The third-order valence-electron chi connectivity index (χ3n) is 2.59. The quantitative estimate of drug-likeness (QED) is 0.610. The molecule has 1 rings (SSSR count). The van der Waals surface area contributed by atoms with Crippen LogP contribution in [0.25, 0.3) is 0 Å². The molecule has 0 aliphatic heterocycles. The second kappa shape index (κ2) is 6.00. The molecule has 0 heterocycles. The van der Waals surface area contributed by atoms with Crippen molar-refractivity contribution in [1.29, 1.82) is 0 Å². The molecular weight excluding hydrogens is 236 g/mol. The molecule has 0 fully saturated rings. The van der Waals surface area contributed by atoms with Crippen LogP contribution in [0.15, 0.2) is 18.2 Å². The molecule has 1 aromatic rings. The smallest absolute Gasteiger partial charge is 0.410 e. The normalized spacial score (nSPS) is 9.94. The van der Waals surface area contributed by atoms with Crippen molar-refractivity contribution >= 4 is 11.8 Å². The van der Waals surface area contributed by atoms with Gasteiger partial charge in [0.1, 0.15) is 5.75 Å². The maximum absolute atomic E-state index is 11.7. The van der Waals surface area contributed by atoms with Crippen LogP contribution in [0, 0.1) is 17.0 Å². The highest BCUT2D eigenvalue weighted by Gasteiger charge is 2.15. The van der Waals surface area contributed by atoms with E-state index in [4.69, 9.17) is 4.74 Å². The number of amides is 1. The van der Waals surface area contributed by atoms with Crippen LogP contribution in [-0.2, 0) is 0 Å². The summed E-state index contributed by atoms with van der Waals surface area (Å²) in [5.74, 6) is 0.315. The standard InChI is InChI=1S/C12H16N2O4/c1-4-13(5-2)12(15)18-10-6-7-11(14(16)17)9(3)8-10/h6-8H,4-5H2,1-3H3. The second-order valence-electron chi connectivity index (χ2n) is 3.75.